The quantitative estimate of drug-likeness (QED) is 0.454. The number of hydrogen-bond donors (Lipinski definition) is 2. The molecule has 1 heterocycles. The summed E-state index contributed by atoms with van der Waals surface area (Å²) >= 11 is 0. The Bertz CT molecular complexity index is 1190. The molecule has 3 rings (SSSR count). The number of nitrogens with zero attached hydrogens (tertiary/aromatic N) is 3. The molecule has 8 nitrogen and oxygen atoms in total. The molecule has 3 N–H and O–H groups in total. The Morgan fingerprint density at radius 1 is 0.971 bits per heavy atom. The molecule has 0 aliphatic heterocycles. The van der Waals surface area contributed by atoms with E-state index in [4.69, 9.17) is 5.73 Å². The van der Waals surface area contributed by atoms with Crippen molar-refractivity contribution in [3.63, 3.8) is 0 Å². The molecule has 0 aliphatic carbocycles. The number of unbranched alkanes of at least 4 members (excludes halogenated alkanes) is 1. The molecule has 1 amide bonds. The van der Waals surface area contributed by atoms with Crippen LogP contribution in [0.4, 0.5) is 17.2 Å². The van der Waals surface area contributed by atoms with Gasteiger partial charge in [0.15, 0.2) is 0 Å². The summed E-state index contributed by atoms with van der Waals surface area (Å²) in [6.07, 6.45) is 2.33. The number of carbonyl (C=O) groups is 1. The summed E-state index contributed by atoms with van der Waals surface area (Å²) in [7, 11) is 0. The third-order valence-electron chi connectivity index (χ3n) is 5.64. The Hall–Kier alpha value is -3.81. The van der Waals surface area contributed by atoms with E-state index in [1.165, 1.54) is 4.57 Å². The maximum Gasteiger partial charge on any atom is 0.330 e. The zero-order chi connectivity index (χ0) is 24.5. The molecule has 180 valence electrons. The van der Waals surface area contributed by atoms with E-state index in [-0.39, 0.29) is 24.0 Å². The second-order valence-corrected chi connectivity index (χ2v) is 8.22. The fourth-order valence-electron chi connectivity index (χ4n) is 3.91. The summed E-state index contributed by atoms with van der Waals surface area (Å²) < 4.78 is 1.38. The molecular formula is C26H33N5O3. The van der Waals surface area contributed by atoms with E-state index in [0.29, 0.717) is 26.1 Å². The van der Waals surface area contributed by atoms with Crippen molar-refractivity contribution in [2.24, 2.45) is 0 Å². The molecule has 0 unspecified atom stereocenters. The number of nitrogen functional groups attached to an aromatic ring is 1. The lowest BCUT2D eigenvalue weighted by atomic mass is 10.2. The second-order valence-electron chi connectivity index (χ2n) is 8.22. The highest BCUT2D eigenvalue weighted by Gasteiger charge is 2.24. The van der Waals surface area contributed by atoms with Crippen LogP contribution in [0.1, 0.15) is 38.7 Å². The summed E-state index contributed by atoms with van der Waals surface area (Å²) in [5.41, 5.74) is 7.14. The number of nitrogens with two attached hydrogens (primary N) is 1. The standard InChI is InChI=1S/C26H33N5O3/c1-3-5-17-30-24(27)23(25(33)28-26(30)34)29(16-4-2)19-22(32)31(21-14-10-7-11-15-21)18-20-12-8-6-9-13-20/h6-15H,3-5,16-19,27H2,1-2H3,(H,28,33,34). The fraction of sp³-hybridized carbons (Fsp3) is 0.346. The van der Waals surface area contributed by atoms with Crippen molar-refractivity contribution in [2.75, 3.05) is 28.6 Å². The molecule has 1 aromatic heterocycles. The maximum absolute atomic E-state index is 13.6. The number of amides is 1. The van der Waals surface area contributed by atoms with E-state index in [1.54, 1.807) is 9.80 Å². The first kappa shape index (κ1) is 24.8. The first-order chi connectivity index (χ1) is 16.5. The van der Waals surface area contributed by atoms with Crippen molar-refractivity contribution in [1.29, 1.82) is 0 Å². The van der Waals surface area contributed by atoms with Gasteiger partial charge >= 0.3 is 5.69 Å². The minimum absolute atomic E-state index is 0.0468. The summed E-state index contributed by atoms with van der Waals surface area (Å²) in [6, 6.07) is 19.2. The van der Waals surface area contributed by atoms with E-state index < -0.39 is 11.2 Å². The molecule has 0 fully saturated rings. The van der Waals surface area contributed by atoms with Crippen molar-refractivity contribution >= 4 is 23.1 Å². The predicted molar refractivity (Wildman–Crippen MR) is 137 cm³/mol. The number of anilines is 3. The fourth-order valence-corrected chi connectivity index (χ4v) is 3.91. The Morgan fingerprint density at radius 3 is 2.24 bits per heavy atom. The van der Waals surface area contributed by atoms with Crippen LogP contribution in [-0.4, -0.2) is 28.5 Å². The first-order valence-corrected chi connectivity index (χ1v) is 11.7. The monoisotopic (exact) mass is 463 g/mol. The lowest BCUT2D eigenvalue weighted by Gasteiger charge is -2.29. The van der Waals surface area contributed by atoms with E-state index in [2.05, 4.69) is 4.98 Å². The zero-order valence-corrected chi connectivity index (χ0v) is 19.9. The van der Waals surface area contributed by atoms with Gasteiger partial charge in [-0.25, -0.2) is 4.79 Å². The van der Waals surface area contributed by atoms with E-state index in [1.807, 2.05) is 74.5 Å². The van der Waals surface area contributed by atoms with Gasteiger partial charge in [-0.15, -0.1) is 0 Å². The lowest BCUT2D eigenvalue weighted by molar-refractivity contribution is -0.117. The number of hydrogen-bond acceptors (Lipinski definition) is 5. The van der Waals surface area contributed by atoms with Crippen molar-refractivity contribution in [3.05, 3.63) is 87.1 Å². The summed E-state index contributed by atoms with van der Waals surface area (Å²) in [4.78, 5) is 44.5. The van der Waals surface area contributed by atoms with Gasteiger partial charge in [0.2, 0.25) is 5.91 Å². The smallest absolute Gasteiger partial charge is 0.330 e. The Kier molecular flexibility index (Phi) is 8.67. The van der Waals surface area contributed by atoms with Crippen molar-refractivity contribution in [2.45, 2.75) is 46.2 Å². The predicted octanol–water partition coefficient (Wildman–Crippen LogP) is 3.37. The van der Waals surface area contributed by atoms with Crippen LogP contribution in [0, 0.1) is 0 Å². The van der Waals surface area contributed by atoms with Gasteiger partial charge in [0.1, 0.15) is 11.5 Å². The van der Waals surface area contributed by atoms with E-state index >= 15 is 0 Å². The lowest BCUT2D eigenvalue weighted by Crippen LogP contribution is -2.44. The van der Waals surface area contributed by atoms with Crippen molar-refractivity contribution in [1.82, 2.24) is 9.55 Å². The highest BCUT2D eigenvalue weighted by Crippen LogP contribution is 2.21. The average Bonchev–Trinajstić information content (AvgIpc) is 2.83. The van der Waals surface area contributed by atoms with Gasteiger partial charge in [-0.3, -0.25) is 19.1 Å². The molecule has 34 heavy (non-hydrogen) atoms. The van der Waals surface area contributed by atoms with Gasteiger partial charge < -0.3 is 15.5 Å². The normalized spacial score (nSPS) is 10.8. The van der Waals surface area contributed by atoms with Crippen LogP contribution in [0.15, 0.2) is 70.3 Å². The molecule has 0 atom stereocenters. The van der Waals surface area contributed by atoms with Gasteiger partial charge in [0.05, 0.1) is 13.1 Å². The first-order valence-electron chi connectivity index (χ1n) is 11.7. The third kappa shape index (κ3) is 5.95. The number of rotatable bonds is 11. The molecule has 8 heteroatoms. The van der Waals surface area contributed by atoms with Crippen LogP contribution in [-0.2, 0) is 17.9 Å². The molecule has 0 radical (unpaired) electrons. The number of nitrogens with one attached hydrogen (secondary N) is 1. The van der Waals surface area contributed by atoms with Gasteiger partial charge in [0.25, 0.3) is 5.56 Å². The number of benzene rings is 2. The second kappa shape index (κ2) is 11.9. The molecule has 2 aromatic carbocycles. The van der Waals surface area contributed by atoms with Crippen LogP contribution in [0.5, 0.6) is 0 Å². The van der Waals surface area contributed by atoms with Crippen molar-refractivity contribution in [3.8, 4) is 0 Å². The summed E-state index contributed by atoms with van der Waals surface area (Å²) in [5.74, 6) is -0.0774. The van der Waals surface area contributed by atoms with Gasteiger partial charge in [-0.2, -0.15) is 0 Å². The number of H-pyrrole nitrogens is 1. The topological polar surface area (TPSA) is 104 Å². The number of carbonyl (C=O) groups excluding carboxylic acids is 1. The number of para-hydroxylation sites is 1. The zero-order valence-electron chi connectivity index (χ0n) is 19.9. The SMILES string of the molecule is CCCCn1c(N)c(N(CCC)CC(=O)N(Cc2ccccc2)c2ccccc2)c(=O)[nH]c1=O. The molecule has 0 aliphatic rings. The number of aromatic nitrogens is 2. The van der Waals surface area contributed by atoms with Gasteiger partial charge in [-0.05, 0) is 30.5 Å². The van der Waals surface area contributed by atoms with Crippen LogP contribution >= 0.6 is 0 Å². The molecular weight excluding hydrogens is 430 g/mol. The average molecular weight is 464 g/mol. The van der Waals surface area contributed by atoms with Gasteiger partial charge in [0, 0.05) is 18.8 Å². The molecule has 0 saturated carbocycles. The highest BCUT2D eigenvalue weighted by molar-refractivity contribution is 5.96. The van der Waals surface area contributed by atoms with Gasteiger partial charge in [-0.1, -0.05) is 68.8 Å². The molecule has 0 bridgehead atoms. The highest BCUT2D eigenvalue weighted by atomic mass is 16.2. The minimum atomic E-state index is -0.578. The van der Waals surface area contributed by atoms with Crippen LogP contribution < -0.4 is 26.8 Å². The summed E-state index contributed by atoms with van der Waals surface area (Å²) in [6.45, 7) is 5.18. The Labute approximate surface area is 199 Å². The number of aromatic amines is 1. The summed E-state index contributed by atoms with van der Waals surface area (Å²) in [5, 5.41) is 0. The maximum atomic E-state index is 13.6. The Morgan fingerprint density at radius 2 is 1.62 bits per heavy atom. The van der Waals surface area contributed by atoms with E-state index in [0.717, 1.165) is 24.1 Å². The Balaban J connectivity index is 1.97. The van der Waals surface area contributed by atoms with Crippen LogP contribution in [0.25, 0.3) is 0 Å². The molecule has 3 aromatic rings. The minimum Gasteiger partial charge on any atom is -0.383 e. The molecule has 0 spiro atoms. The largest absolute Gasteiger partial charge is 0.383 e. The van der Waals surface area contributed by atoms with Crippen molar-refractivity contribution < 1.29 is 4.79 Å². The van der Waals surface area contributed by atoms with Crippen LogP contribution in [0.2, 0.25) is 0 Å². The molecule has 0 saturated heterocycles. The van der Waals surface area contributed by atoms with Crippen LogP contribution in [0.3, 0.4) is 0 Å². The third-order valence-corrected chi connectivity index (χ3v) is 5.64. The van der Waals surface area contributed by atoms with E-state index in [9.17, 15) is 14.4 Å².